The lowest BCUT2D eigenvalue weighted by atomic mass is 11.2. The Balaban J connectivity index is 3.20. The molecule has 0 bridgehead atoms. The standard InChI is InChI=1S/C3H2F3NO2/c4-3(5,6)9-2-8-1-7/h2H2. The van der Waals surface area contributed by atoms with Crippen LogP contribution in [0.3, 0.4) is 0 Å². The Morgan fingerprint density at radius 2 is 2.00 bits per heavy atom. The van der Waals surface area contributed by atoms with Crippen LogP contribution in [0.15, 0.2) is 0 Å². The Morgan fingerprint density at radius 1 is 1.44 bits per heavy atom. The minimum Gasteiger partial charge on any atom is -0.398 e. The lowest BCUT2D eigenvalue weighted by Gasteiger charge is -2.02. The molecule has 0 atom stereocenters. The first-order valence-electron chi connectivity index (χ1n) is 1.78. The lowest BCUT2D eigenvalue weighted by molar-refractivity contribution is -0.344. The molecule has 0 amide bonds. The van der Waals surface area contributed by atoms with Crippen LogP contribution in [0, 0.1) is 11.5 Å². The van der Waals surface area contributed by atoms with E-state index in [2.05, 4.69) is 9.47 Å². The molecule has 9 heavy (non-hydrogen) atoms. The van der Waals surface area contributed by atoms with Crippen molar-refractivity contribution in [3.8, 4) is 6.26 Å². The zero-order valence-corrected chi connectivity index (χ0v) is 4.10. The van der Waals surface area contributed by atoms with Gasteiger partial charge >= 0.3 is 6.36 Å². The molecule has 0 unspecified atom stereocenters. The predicted octanol–water partition coefficient (Wildman–Crippen LogP) is 0.978. The van der Waals surface area contributed by atoms with Gasteiger partial charge in [0.2, 0.25) is 6.79 Å². The van der Waals surface area contributed by atoms with Crippen LogP contribution in [0.2, 0.25) is 0 Å². The summed E-state index contributed by atoms with van der Waals surface area (Å²) in [5.74, 6) is 0. The van der Waals surface area contributed by atoms with Gasteiger partial charge < -0.3 is 4.74 Å². The smallest absolute Gasteiger partial charge is 0.398 e. The fourth-order valence-corrected chi connectivity index (χ4v) is 0.123. The summed E-state index contributed by atoms with van der Waals surface area (Å²) in [6, 6.07) is 0. The summed E-state index contributed by atoms with van der Waals surface area (Å²) in [4.78, 5) is 0. The number of ether oxygens (including phenoxy) is 2. The van der Waals surface area contributed by atoms with Crippen LogP contribution in [0.1, 0.15) is 0 Å². The summed E-state index contributed by atoms with van der Waals surface area (Å²) >= 11 is 0. The first-order valence-corrected chi connectivity index (χ1v) is 1.78. The van der Waals surface area contributed by atoms with Crippen LogP contribution < -0.4 is 0 Å². The van der Waals surface area contributed by atoms with Crippen molar-refractivity contribution in [1.82, 2.24) is 0 Å². The van der Waals surface area contributed by atoms with Crippen molar-refractivity contribution < 1.29 is 22.6 Å². The number of halogens is 3. The van der Waals surface area contributed by atoms with Crippen molar-refractivity contribution in [2.45, 2.75) is 6.36 Å². The SMILES string of the molecule is N#COCOC(F)(F)F. The second-order valence-corrected chi connectivity index (χ2v) is 0.944. The van der Waals surface area contributed by atoms with Crippen LogP contribution in [-0.2, 0) is 9.47 Å². The highest BCUT2D eigenvalue weighted by Gasteiger charge is 2.29. The molecule has 0 aliphatic heterocycles. The second-order valence-electron chi connectivity index (χ2n) is 0.944. The zero-order valence-electron chi connectivity index (χ0n) is 4.10. The van der Waals surface area contributed by atoms with Gasteiger partial charge in [-0.25, -0.2) is 0 Å². The quantitative estimate of drug-likeness (QED) is 0.327. The first-order chi connectivity index (χ1) is 4.06. The van der Waals surface area contributed by atoms with Crippen LogP contribution >= 0.6 is 0 Å². The van der Waals surface area contributed by atoms with Gasteiger partial charge in [0.25, 0.3) is 6.26 Å². The third-order valence-corrected chi connectivity index (χ3v) is 0.346. The van der Waals surface area contributed by atoms with Gasteiger partial charge in [0.1, 0.15) is 0 Å². The maximum absolute atomic E-state index is 11.0. The normalized spacial score (nSPS) is 10.4. The maximum atomic E-state index is 11.0. The molecular weight excluding hydrogens is 139 g/mol. The lowest BCUT2D eigenvalue weighted by Crippen LogP contribution is -2.14. The molecule has 0 aliphatic carbocycles. The molecule has 0 heterocycles. The topological polar surface area (TPSA) is 42.2 Å². The fourth-order valence-electron chi connectivity index (χ4n) is 0.123. The molecule has 52 valence electrons. The number of nitriles is 1. The molecule has 3 nitrogen and oxygen atoms in total. The molecule has 0 N–H and O–H groups in total. The maximum Gasteiger partial charge on any atom is 0.525 e. The summed E-state index contributed by atoms with van der Waals surface area (Å²) in [6.07, 6.45) is -3.71. The Kier molecular flexibility index (Phi) is 2.81. The number of alkyl halides is 3. The van der Waals surface area contributed by atoms with Gasteiger partial charge in [-0.2, -0.15) is 5.26 Å². The van der Waals surface area contributed by atoms with Gasteiger partial charge in [-0.05, 0) is 0 Å². The average molecular weight is 141 g/mol. The first kappa shape index (κ1) is 8.04. The Hall–Kier alpha value is -0.960. The van der Waals surface area contributed by atoms with E-state index >= 15 is 0 Å². The van der Waals surface area contributed by atoms with Gasteiger partial charge in [-0.1, -0.05) is 0 Å². The fraction of sp³-hybridized carbons (Fsp3) is 0.667. The van der Waals surface area contributed by atoms with Gasteiger partial charge in [0.15, 0.2) is 0 Å². The average Bonchev–Trinajstić information content (AvgIpc) is 1.63. The molecule has 0 aromatic rings. The van der Waals surface area contributed by atoms with Crippen molar-refractivity contribution in [2.75, 3.05) is 6.79 Å². The van der Waals surface area contributed by atoms with Crippen LogP contribution in [0.5, 0.6) is 0 Å². The summed E-state index contributed by atoms with van der Waals surface area (Å²) < 4.78 is 39.5. The van der Waals surface area contributed by atoms with Crippen molar-refractivity contribution >= 4 is 0 Å². The highest BCUT2D eigenvalue weighted by atomic mass is 19.4. The van der Waals surface area contributed by atoms with E-state index in [1.54, 1.807) is 0 Å². The third kappa shape index (κ3) is 7.04. The van der Waals surface area contributed by atoms with E-state index < -0.39 is 13.2 Å². The monoisotopic (exact) mass is 141 g/mol. The van der Waals surface area contributed by atoms with E-state index in [0.29, 0.717) is 0 Å². The molecule has 0 rings (SSSR count). The molecule has 0 radical (unpaired) electrons. The molecule has 0 aromatic heterocycles. The van der Waals surface area contributed by atoms with Gasteiger partial charge in [-0.3, -0.25) is 4.74 Å². The Labute approximate surface area is 48.6 Å². The summed E-state index contributed by atoms with van der Waals surface area (Å²) in [5.41, 5.74) is 0. The van der Waals surface area contributed by atoms with Crippen molar-refractivity contribution in [3.63, 3.8) is 0 Å². The minimum atomic E-state index is -4.73. The molecule has 0 aliphatic rings. The Bertz CT molecular complexity index is 115. The van der Waals surface area contributed by atoms with Crippen molar-refractivity contribution in [2.24, 2.45) is 0 Å². The highest BCUT2D eigenvalue weighted by molar-refractivity contribution is 4.42. The molecule has 0 saturated heterocycles. The van der Waals surface area contributed by atoms with Gasteiger partial charge in [0.05, 0.1) is 0 Å². The molecule has 0 aromatic carbocycles. The minimum absolute atomic E-state index is 1.02. The zero-order chi connectivity index (χ0) is 7.33. The summed E-state index contributed by atoms with van der Waals surface area (Å²) in [7, 11) is 0. The number of hydrogen-bond acceptors (Lipinski definition) is 3. The Morgan fingerprint density at radius 3 is 2.33 bits per heavy atom. The largest absolute Gasteiger partial charge is 0.525 e. The third-order valence-electron chi connectivity index (χ3n) is 0.346. The van der Waals surface area contributed by atoms with Gasteiger partial charge in [0, 0.05) is 0 Å². The van der Waals surface area contributed by atoms with E-state index in [-0.39, 0.29) is 0 Å². The van der Waals surface area contributed by atoms with Crippen LogP contribution in [0.25, 0.3) is 0 Å². The van der Waals surface area contributed by atoms with E-state index in [4.69, 9.17) is 5.26 Å². The van der Waals surface area contributed by atoms with E-state index in [0.717, 1.165) is 6.26 Å². The van der Waals surface area contributed by atoms with Gasteiger partial charge in [-0.15, -0.1) is 13.2 Å². The molecule has 0 spiro atoms. The summed E-state index contributed by atoms with van der Waals surface area (Å²) in [5, 5.41) is 7.54. The van der Waals surface area contributed by atoms with Crippen molar-refractivity contribution in [3.05, 3.63) is 0 Å². The van der Waals surface area contributed by atoms with E-state index in [1.165, 1.54) is 0 Å². The van der Waals surface area contributed by atoms with Crippen LogP contribution in [-0.4, -0.2) is 13.2 Å². The molecule has 0 fully saturated rings. The summed E-state index contributed by atoms with van der Waals surface area (Å²) in [6.45, 7) is -1.08. The van der Waals surface area contributed by atoms with Crippen molar-refractivity contribution in [1.29, 1.82) is 5.26 Å². The molecule has 0 saturated carbocycles. The number of rotatable bonds is 2. The number of nitrogens with zero attached hydrogens (tertiary/aromatic N) is 1. The number of hydrogen-bond donors (Lipinski definition) is 0. The predicted molar refractivity (Wildman–Crippen MR) is 18.7 cm³/mol. The molecule has 6 heteroatoms. The van der Waals surface area contributed by atoms with E-state index in [9.17, 15) is 13.2 Å². The van der Waals surface area contributed by atoms with Crippen LogP contribution in [0.4, 0.5) is 13.2 Å². The second kappa shape index (κ2) is 3.14. The van der Waals surface area contributed by atoms with E-state index in [1.807, 2.05) is 0 Å². The molecular formula is C3H2F3NO2. The highest BCUT2D eigenvalue weighted by Crippen LogP contribution is 2.15.